The van der Waals surface area contributed by atoms with E-state index in [4.69, 9.17) is 11.6 Å². The van der Waals surface area contributed by atoms with Gasteiger partial charge in [0.15, 0.2) is 0 Å². The predicted molar refractivity (Wildman–Crippen MR) is 137 cm³/mol. The van der Waals surface area contributed by atoms with Gasteiger partial charge in [0.2, 0.25) is 21.8 Å². The minimum Gasteiger partial charge on any atom is -0.352 e. The Kier molecular flexibility index (Phi) is 9.53. The molecule has 0 bridgehead atoms. The molecule has 0 aromatic heterocycles. The summed E-state index contributed by atoms with van der Waals surface area (Å²) in [4.78, 5) is 27.9. The Morgan fingerprint density at radius 1 is 1.09 bits per heavy atom. The predicted octanol–water partition coefficient (Wildman–Crippen LogP) is 4.05. The topological polar surface area (TPSA) is 86.8 Å². The van der Waals surface area contributed by atoms with Crippen molar-refractivity contribution in [3.8, 4) is 0 Å². The molecule has 2 aromatic rings. The first-order valence-corrected chi connectivity index (χ1v) is 13.5. The molecule has 0 spiro atoms. The SMILES string of the molecule is CCC(C)NC(=O)C(C)N(Cc1ccccc1Cl)C(=O)CN(c1cc(C)ccc1C)S(C)(=O)=O. The highest BCUT2D eigenvalue weighted by molar-refractivity contribution is 7.92. The first-order valence-electron chi connectivity index (χ1n) is 11.2. The molecule has 0 saturated heterocycles. The van der Waals surface area contributed by atoms with Crippen LogP contribution in [0.25, 0.3) is 0 Å². The first kappa shape index (κ1) is 27.7. The van der Waals surface area contributed by atoms with Crippen molar-refractivity contribution in [2.45, 2.75) is 59.7 Å². The van der Waals surface area contributed by atoms with Gasteiger partial charge in [-0.1, -0.05) is 48.9 Å². The fourth-order valence-corrected chi connectivity index (χ4v) is 4.54. The van der Waals surface area contributed by atoms with Crippen LogP contribution >= 0.6 is 11.6 Å². The van der Waals surface area contributed by atoms with Crippen LogP contribution in [0.4, 0.5) is 5.69 Å². The van der Waals surface area contributed by atoms with E-state index in [1.54, 1.807) is 44.2 Å². The summed E-state index contributed by atoms with van der Waals surface area (Å²) in [5.41, 5.74) is 2.70. The van der Waals surface area contributed by atoms with Crippen LogP contribution in [-0.4, -0.2) is 50.0 Å². The fourth-order valence-electron chi connectivity index (χ4n) is 3.44. The number of nitrogens with zero attached hydrogens (tertiary/aromatic N) is 2. The summed E-state index contributed by atoms with van der Waals surface area (Å²) >= 11 is 6.33. The number of rotatable bonds is 10. The molecule has 0 fully saturated rings. The monoisotopic (exact) mass is 507 g/mol. The lowest BCUT2D eigenvalue weighted by molar-refractivity contribution is -0.139. The van der Waals surface area contributed by atoms with E-state index in [1.165, 1.54) is 4.90 Å². The van der Waals surface area contributed by atoms with E-state index in [0.717, 1.165) is 28.1 Å². The van der Waals surface area contributed by atoms with Crippen molar-refractivity contribution < 1.29 is 18.0 Å². The van der Waals surface area contributed by atoms with Crippen LogP contribution in [0.5, 0.6) is 0 Å². The van der Waals surface area contributed by atoms with Crippen LogP contribution in [-0.2, 0) is 26.2 Å². The number of carbonyl (C=O) groups is 2. The summed E-state index contributed by atoms with van der Waals surface area (Å²) in [7, 11) is -3.78. The van der Waals surface area contributed by atoms with E-state index in [0.29, 0.717) is 16.3 Å². The molecule has 7 nitrogen and oxygen atoms in total. The summed E-state index contributed by atoms with van der Waals surface area (Å²) in [6, 6.07) is 11.6. The number of sulfonamides is 1. The zero-order valence-corrected chi connectivity index (χ0v) is 22.2. The molecule has 34 heavy (non-hydrogen) atoms. The normalized spacial score (nSPS) is 13.1. The Balaban J connectivity index is 2.45. The molecule has 0 saturated carbocycles. The molecular weight excluding hydrogens is 474 g/mol. The molecule has 2 atom stereocenters. The largest absolute Gasteiger partial charge is 0.352 e. The summed E-state index contributed by atoms with van der Waals surface area (Å²) < 4.78 is 26.5. The molecule has 2 rings (SSSR count). The number of benzene rings is 2. The van der Waals surface area contributed by atoms with Crippen LogP contribution in [0.2, 0.25) is 5.02 Å². The lowest BCUT2D eigenvalue weighted by Gasteiger charge is -2.32. The van der Waals surface area contributed by atoms with Crippen molar-refractivity contribution in [1.29, 1.82) is 0 Å². The van der Waals surface area contributed by atoms with Crippen LogP contribution in [0, 0.1) is 13.8 Å². The van der Waals surface area contributed by atoms with E-state index < -0.39 is 28.5 Å². The van der Waals surface area contributed by atoms with Crippen LogP contribution < -0.4 is 9.62 Å². The second-order valence-electron chi connectivity index (χ2n) is 8.67. The van der Waals surface area contributed by atoms with Gasteiger partial charge in [-0.3, -0.25) is 13.9 Å². The maximum atomic E-state index is 13.6. The van der Waals surface area contributed by atoms with Crippen LogP contribution in [0.1, 0.15) is 43.9 Å². The van der Waals surface area contributed by atoms with E-state index in [9.17, 15) is 18.0 Å². The molecule has 2 unspecified atom stereocenters. The molecule has 0 aliphatic rings. The number of hydrogen-bond acceptors (Lipinski definition) is 4. The summed E-state index contributed by atoms with van der Waals surface area (Å²) in [6.07, 6.45) is 1.81. The quantitative estimate of drug-likeness (QED) is 0.525. The third-order valence-electron chi connectivity index (χ3n) is 5.78. The summed E-state index contributed by atoms with van der Waals surface area (Å²) in [5, 5.41) is 3.36. The van der Waals surface area contributed by atoms with Crippen LogP contribution in [0.15, 0.2) is 42.5 Å². The van der Waals surface area contributed by atoms with E-state index in [2.05, 4.69) is 5.32 Å². The van der Waals surface area contributed by atoms with Gasteiger partial charge >= 0.3 is 0 Å². The average Bonchev–Trinajstić information content (AvgIpc) is 2.77. The zero-order chi connectivity index (χ0) is 25.6. The van der Waals surface area contributed by atoms with Gasteiger partial charge in [-0.2, -0.15) is 0 Å². The summed E-state index contributed by atoms with van der Waals surface area (Å²) in [6.45, 7) is 8.76. The Hall–Kier alpha value is -2.58. The third kappa shape index (κ3) is 7.21. The molecule has 2 aromatic carbocycles. The number of aryl methyl sites for hydroxylation is 2. The van der Waals surface area contributed by atoms with Crippen molar-refractivity contribution >= 4 is 39.1 Å². The van der Waals surface area contributed by atoms with E-state index in [-0.39, 0.29) is 18.5 Å². The highest BCUT2D eigenvalue weighted by Crippen LogP contribution is 2.25. The molecule has 186 valence electrons. The number of hydrogen-bond donors (Lipinski definition) is 1. The Morgan fingerprint density at radius 3 is 2.32 bits per heavy atom. The summed E-state index contributed by atoms with van der Waals surface area (Å²) in [5.74, 6) is -0.814. The van der Waals surface area contributed by atoms with E-state index >= 15 is 0 Å². The number of amides is 2. The van der Waals surface area contributed by atoms with Crippen molar-refractivity contribution in [1.82, 2.24) is 10.2 Å². The molecule has 9 heteroatoms. The van der Waals surface area contributed by atoms with Crippen LogP contribution in [0.3, 0.4) is 0 Å². The molecular formula is C25H34ClN3O4S. The van der Waals surface area contributed by atoms with Gasteiger partial charge in [0.1, 0.15) is 12.6 Å². The second kappa shape index (κ2) is 11.7. The van der Waals surface area contributed by atoms with Crippen molar-refractivity contribution in [2.24, 2.45) is 0 Å². The van der Waals surface area contributed by atoms with Gasteiger partial charge < -0.3 is 10.2 Å². The minimum absolute atomic E-state index is 0.0605. The number of anilines is 1. The van der Waals surface area contributed by atoms with E-state index in [1.807, 2.05) is 32.9 Å². The first-order chi connectivity index (χ1) is 15.8. The van der Waals surface area contributed by atoms with Gasteiger partial charge in [-0.05, 0) is 62.9 Å². The maximum Gasteiger partial charge on any atom is 0.244 e. The van der Waals surface area contributed by atoms with Crippen molar-refractivity contribution in [3.63, 3.8) is 0 Å². The van der Waals surface area contributed by atoms with Gasteiger partial charge in [0.25, 0.3) is 0 Å². The van der Waals surface area contributed by atoms with Gasteiger partial charge in [0.05, 0.1) is 11.9 Å². The lowest BCUT2D eigenvalue weighted by atomic mass is 10.1. The number of carbonyl (C=O) groups excluding carboxylic acids is 2. The smallest absolute Gasteiger partial charge is 0.244 e. The average molecular weight is 508 g/mol. The molecule has 1 N–H and O–H groups in total. The lowest BCUT2D eigenvalue weighted by Crippen LogP contribution is -2.52. The Morgan fingerprint density at radius 2 is 1.74 bits per heavy atom. The number of nitrogens with one attached hydrogen (secondary N) is 1. The van der Waals surface area contributed by atoms with Gasteiger partial charge in [-0.15, -0.1) is 0 Å². The maximum absolute atomic E-state index is 13.6. The number of halogens is 1. The molecule has 0 heterocycles. The van der Waals surface area contributed by atoms with Crippen molar-refractivity contribution in [3.05, 3.63) is 64.2 Å². The minimum atomic E-state index is -3.78. The molecule has 0 radical (unpaired) electrons. The molecule has 2 amide bonds. The molecule has 0 aliphatic carbocycles. The highest BCUT2D eigenvalue weighted by atomic mass is 35.5. The highest BCUT2D eigenvalue weighted by Gasteiger charge is 2.31. The zero-order valence-electron chi connectivity index (χ0n) is 20.6. The molecule has 0 aliphatic heterocycles. The second-order valence-corrected chi connectivity index (χ2v) is 11.0. The fraction of sp³-hybridized carbons (Fsp3) is 0.440. The Labute approximate surface area is 208 Å². The standard InChI is InChI=1S/C25H34ClN3O4S/c1-7-19(4)27-25(31)20(5)28(15-21-10-8-9-11-22(21)26)24(30)16-29(34(6,32)33)23-14-17(2)12-13-18(23)3/h8-14,19-20H,7,15-16H2,1-6H3,(H,27,31). The van der Waals surface area contributed by atoms with Gasteiger partial charge in [0, 0.05) is 17.6 Å². The third-order valence-corrected chi connectivity index (χ3v) is 7.27. The van der Waals surface area contributed by atoms with Gasteiger partial charge in [-0.25, -0.2) is 8.42 Å². The van der Waals surface area contributed by atoms with Crippen molar-refractivity contribution in [2.75, 3.05) is 17.1 Å². The Bertz CT molecular complexity index is 1140.